The Bertz CT molecular complexity index is 313. The van der Waals surface area contributed by atoms with Gasteiger partial charge in [-0.05, 0) is 24.3 Å². The van der Waals surface area contributed by atoms with E-state index in [1.807, 2.05) is 30.5 Å². The summed E-state index contributed by atoms with van der Waals surface area (Å²) in [5, 5.41) is 0. The molecule has 0 radical (unpaired) electrons. The van der Waals surface area contributed by atoms with E-state index in [0.29, 0.717) is 0 Å². The molecule has 0 bridgehead atoms. The maximum Gasteiger partial charge on any atom is 0.0710 e. The SMILES string of the molecule is c1cc2cc-2n1.c1ccncc1. The molecule has 2 heterocycles. The minimum atomic E-state index is 1.18. The highest BCUT2D eigenvalue weighted by Crippen LogP contribution is 2.29. The first kappa shape index (κ1) is 6.98. The average molecular weight is 156 g/mol. The normalized spacial score (nSPS) is 9.67. The Morgan fingerprint density at radius 2 is 1.75 bits per heavy atom. The van der Waals surface area contributed by atoms with E-state index in [2.05, 4.69) is 16.0 Å². The highest BCUT2D eigenvalue weighted by molar-refractivity contribution is 5.75. The van der Waals surface area contributed by atoms with Crippen molar-refractivity contribution in [2.45, 2.75) is 0 Å². The zero-order valence-electron chi connectivity index (χ0n) is 6.51. The first-order valence-corrected chi connectivity index (χ1v) is 3.78. The molecule has 0 amide bonds. The van der Waals surface area contributed by atoms with Gasteiger partial charge in [0.05, 0.1) is 5.69 Å². The Kier molecular flexibility index (Phi) is 1.82. The van der Waals surface area contributed by atoms with Crippen LogP contribution in [0.3, 0.4) is 0 Å². The molecule has 0 atom stereocenters. The Morgan fingerprint density at radius 1 is 0.917 bits per heavy atom. The predicted octanol–water partition coefficient (Wildman–Crippen LogP) is 2.14. The summed E-state index contributed by atoms with van der Waals surface area (Å²) in [4.78, 5) is 7.74. The molecule has 12 heavy (non-hydrogen) atoms. The van der Waals surface area contributed by atoms with Crippen molar-refractivity contribution in [1.29, 1.82) is 0 Å². The molecule has 1 aromatic rings. The average Bonchev–Trinajstić information content (AvgIpc) is 2.78. The van der Waals surface area contributed by atoms with Crippen LogP contribution in [-0.4, -0.2) is 9.97 Å². The summed E-state index contributed by atoms with van der Waals surface area (Å²) in [6, 6.07) is 9.78. The van der Waals surface area contributed by atoms with Crippen molar-refractivity contribution in [2.75, 3.05) is 0 Å². The van der Waals surface area contributed by atoms with Crippen LogP contribution in [0.2, 0.25) is 0 Å². The third kappa shape index (κ3) is 1.66. The molecule has 2 nitrogen and oxygen atoms in total. The molecular formula is C10H8N2. The molecule has 0 unspecified atom stereocenters. The van der Waals surface area contributed by atoms with E-state index in [0.717, 1.165) is 0 Å². The largest absolute Gasteiger partial charge is 0.265 e. The molecule has 1 aromatic heterocycles. The van der Waals surface area contributed by atoms with Crippen LogP contribution in [0.15, 0.2) is 48.9 Å². The topological polar surface area (TPSA) is 25.8 Å². The zero-order valence-corrected chi connectivity index (χ0v) is 6.51. The van der Waals surface area contributed by atoms with Crippen molar-refractivity contribution in [3.05, 3.63) is 48.9 Å². The lowest BCUT2D eigenvalue weighted by atomic mass is 10.5. The molecule has 0 N–H and O–H groups in total. The first-order chi connectivity index (χ1) is 5.97. The Labute approximate surface area is 70.9 Å². The maximum absolute atomic E-state index is 3.95. The zero-order chi connectivity index (χ0) is 8.23. The van der Waals surface area contributed by atoms with Gasteiger partial charge in [-0.1, -0.05) is 6.07 Å². The van der Waals surface area contributed by atoms with E-state index in [-0.39, 0.29) is 0 Å². The van der Waals surface area contributed by atoms with E-state index < -0.39 is 0 Å². The Morgan fingerprint density at radius 3 is 1.92 bits per heavy atom. The van der Waals surface area contributed by atoms with Gasteiger partial charge in [0, 0.05) is 24.2 Å². The highest BCUT2D eigenvalue weighted by Gasteiger charge is 2.09. The van der Waals surface area contributed by atoms with Gasteiger partial charge in [0.1, 0.15) is 0 Å². The molecular weight excluding hydrogens is 148 g/mol. The highest BCUT2D eigenvalue weighted by atomic mass is 14.7. The molecule has 0 spiro atoms. The third-order valence-corrected chi connectivity index (χ3v) is 1.54. The fourth-order valence-corrected chi connectivity index (χ4v) is 0.867. The lowest BCUT2D eigenvalue weighted by Gasteiger charge is -1.70. The third-order valence-electron chi connectivity index (χ3n) is 1.54. The van der Waals surface area contributed by atoms with Crippen LogP contribution >= 0.6 is 0 Å². The van der Waals surface area contributed by atoms with E-state index in [1.54, 1.807) is 12.4 Å². The molecule has 2 aliphatic rings. The summed E-state index contributed by atoms with van der Waals surface area (Å²) >= 11 is 0. The molecule has 0 saturated carbocycles. The van der Waals surface area contributed by atoms with Gasteiger partial charge in [-0.2, -0.15) is 0 Å². The Balaban J connectivity index is 0.0000000939. The van der Waals surface area contributed by atoms with Gasteiger partial charge in [-0.25, -0.2) is 0 Å². The molecule has 2 heteroatoms. The number of aromatic nitrogens is 2. The molecule has 1 aliphatic carbocycles. The summed E-state index contributed by atoms with van der Waals surface area (Å²) in [6.07, 6.45) is 5.32. The quantitative estimate of drug-likeness (QED) is 0.498. The molecule has 3 rings (SSSR count). The molecule has 1 aliphatic heterocycles. The lowest BCUT2D eigenvalue weighted by Crippen LogP contribution is -1.58. The second kappa shape index (κ2) is 3.13. The minimum Gasteiger partial charge on any atom is -0.265 e. The fourth-order valence-electron chi connectivity index (χ4n) is 0.867. The van der Waals surface area contributed by atoms with Crippen molar-refractivity contribution in [1.82, 2.24) is 9.97 Å². The van der Waals surface area contributed by atoms with Gasteiger partial charge >= 0.3 is 0 Å². The predicted molar refractivity (Wildman–Crippen MR) is 47.5 cm³/mol. The molecule has 0 aromatic carbocycles. The summed E-state index contributed by atoms with van der Waals surface area (Å²) in [5.74, 6) is 0. The maximum atomic E-state index is 3.95. The number of rotatable bonds is 0. The summed E-state index contributed by atoms with van der Waals surface area (Å²) < 4.78 is 0. The van der Waals surface area contributed by atoms with Crippen LogP contribution in [0, 0.1) is 0 Å². The number of pyridine rings is 2. The van der Waals surface area contributed by atoms with Crippen LogP contribution in [0.25, 0.3) is 11.3 Å². The number of hydrogen-bond acceptors (Lipinski definition) is 2. The van der Waals surface area contributed by atoms with Crippen molar-refractivity contribution in [3.8, 4) is 11.3 Å². The van der Waals surface area contributed by atoms with Gasteiger partial charge < -0.3 is 0 Å². The van der Waals surface area contributed by atoms with E-state index in [9.17, 15) is 0 Å². The van der Waals surface area contributed by atoms with Crippen molar-refractivity contribution >= 4 is 0 Å². The van der Waals surface area contributed by atoms with Crippen LogP contribution in [-0.2, 0) is 0 Å². The fraction of sp³-hybridized carbons (Fsp3) is 0. The Hall–Kier alpha value is -1.70. The number of fused-ring (bicyclic) bond motifs is 1. The van der Waals surface area contributed by atoms with Gasteiger partial charge in [0.15, 0.2) is 0 Å². The van der Waals surface area contributed by atoms with Crippen LogP contribution in [0.5, 0.6) is 0 Å². The standard InChI is InChI=1S/C5H3N.C5H5N/c1-2-6-5-3-4(1)5;1-2-4-6-5-3-1/h1-3H;1-5H. The second-order valence-electron chi connectivity index (χ2n) is 2.45. The molecule has 0 saturated heterocycles. The lowest BCUT2D eigenvalue weighted by molar-refractivity contribution is 1.33. The van der Waals surface area contributed by atoms with Crippen LogP contribution in [0.1, 0.15) is 0 Å². The molecule has 58 valence electrons. The van der Waals surface area contributed by atoms with E-state index >= 15 is 0 Å². The van der Waals surface area contributed by atoms with Gasteiger partial charge in [0.25, 0.3) is 0 Å². The summed E-state index contributed by atoms with van der Waals surface area (Å²) in [6.45, 7) is 0. The van der Waals surface area contributed by atoms with Crippen molar-refractivity contribution < 1.29 is 0 Å². The van der Waals surface area contributed by atoms with Gasteiger partial charge in [-0.15, -0.1) is 0 Å². The molecule has 0 fully saturated rings. The number of hydrogen-bond donors (Lipinski definition) is 0. The van der Waals surface area contributed by atoms with Gasteiger partial charge in [-0.3, -0.25) is 9.97 Å². The minimum absolute atomic E-state index is 1.18. The van der Waals surface area contributed by atoms with Crippen LogP contribution in [0.4, 0.5) is 0 Å². The van der Waals surface area contributed by atoms with E-state index in [1.165, 1.54) is 11.3 Å². The van der Waals surface area contributed by atoms with E-state index in [4.69, 9.17) is 0 Å². The first-order valence-electron chi connectivity index (χ1n) is 3.78. The smallest absolute Gasteiger partial charge is 0.0710 e. The monoisotopic (exact) mass is 156 g/mol. The van der Waals surface area contributed by atoms with Crippen molar-refractivity contribution in [2.24, 2.45) is 0 Å². The summed E-state index contributed by atoms with van der Waals surface area (Å²) in [7, 11) is 0. The summed E-state index contributed by atoms with van der Waals surface area (Å²) in [5.41, 5.74) is 2.49. The van der Waals surface area contributed by atoms with Crippen molar-refractivity contribution in [3.63, 3.8) is 0 Å². The van der Waals surface area contributed by atoms with Crippen LogP contribution < -0.4 is 0 Å². The second-order valence-corrected chi connectivity index (χ2v) is 2.45. The van der Waals surface area contributed by atoms with Gasteiger partial charge in [0.2, 0.25) is 0 Å². The number of nitrogens with zero attached hydrogens (tertiary/aromatic N) is 2.